The Labute approximate surface area is 174 Å². The molecule has 0 aliphatic carbocycles. The molecule has 2 aromatic heterocycles. The molecule has 7 nitrogen and oxygen atoms in total. The Morgan fingerprint density at radius 1 is 0.967 bits per heavy atom. The molecule has 1 aliphatic rings. The van der Waals surface area contributed by atoms with Crippen molar-refractivity contribution in [2.75, 3.05) is 29.7 Å². The fourth-order valence-electron chi connectivity index (χ4n) is 4.13. The molecule has 154 valence electrons. The SMILES string of the molecule is Cn1c(-c2cc3ccccc3[nH]c2=O)cc2cc(N3CCNCCS3(=O)=O)ccc21. The summed E-state index contributed by atoms with van der Waals surface area (Å²) in [4.78, 5) is 15.7. The average molecular weight is 423 g/mol. The van der Waals surface area contributed by atoms with Crippen molar-refractivity contribution >= 4 is 37.5 Å². The first-order chi connectivity index (χ1) is 14.4. The Morgan fingerprint density at radius 2 is 1.80 bits per heavy atom. The van der Waals surface area contributed by atoms with Gasteiger partial charge in [0.2, 0.25) is 10.0 Å². The minimum Gasteiger partial charge on any atom is -0.343 e. The van der Waals surface area contributed by atoms with Crippen LogP contribution in [0.3, 0.4) is 0 Å². The van der Waals surface area contributed by atoms with Gasteiger partial charge in [-0.25, -0.2) is 8.42 Å². The van der Waals surface area contributed by atoms with E-state index in [0.717, 1.165) is 27.5 Å². The van der Waals surface area contributed by atoms with Gasteiger partial charge in [0.25, 0.3) is 5.56 Å². The quantitative estimate of drug-likeness (QED) is 0.519. The Bertz CT molecular complexity index is 1440. The van der Waals surface area contributed by atoms with Gasteiger partial charge in [0.1, 0.15) is 0 Å². The van der Waals surface area contributed by atoms with Crippen molar-refractivity contribution in [1.82, 2.24) is 14.9 Å². The van der Waals surface area contributed by atoms with Gasteiger partial charge in [0, 0.05) is 43.1 Å². The van der Waals surface area contributed by atoms with Crippen LogP contribution in [-0.4, -0.2) is 43.4 Å². The summed E-state index contributed by atoms with van der Waals surface area (Å²) in [7, 11) is -1.44. The van der Waals surface area contributed by atoms with E-state index < -0.39 is 10.0 Å². The van der Waals surface area contributed by atoms with Gasteiger partial charge in [-0.1, -0.05) is 18.2 Å². The number of para-hydroxylation sites is 1. The highest BCUT2D eigenvalue weighted by molar-refractivity contribution is 7.92. The third-order valence-corrected chi connectivity index (χ3v) is 7.49. The summed E-state index contributed by atoms with van der Waals surface area (Å²) in [5, 5.41) is 4.99. The normalized spacial score (nSPS) is 16.8. The first-order valence-electron chi connectivity index (χ1n) is 9.87. The van der Waals surface area contributed by atoms with Crippen molar-refractivity contribution in [2.24, 2.45) is 7.05 Å². The third kappa shape index (κ3) is 3.09. The number of pyridine rings is 1. The number of anilines is 1. The van der Waals surface area contributed by atoms with E-state index in [4.69, 9.17) is 0 Å². The van der Waals surface area contributed by atoms with Gasteiger partial charge >= 0.3 is 0 Å². The molecule has 3 heterocycles. The summed E-state index contributed by atoms with van der Waals surface area (Å²) in [6.07, 6.45) is 0. The lowest BCUT2D eigenvalue weighted by atomic mass is 10.1. The lowest BCUT2D eigenvalue weighted by molar-refractivity contribution is 0.594. The maximum Gasteiger partial charge on any atom is 0.257 e. The first-order valence-corrected chi connectivity index (χ1v) is 11.5. The smallest absolute Gasteiger partial charge is 0.257 e. The molecule has 4 aromatic rings. The Morgan fingerprint density at radius 3 is 2.67 bits per heavy atom. The maximum atomic E-state index is 12.7. The van der Waals surface area contributed by atoms with Gasteiger partial charge in [-0.15, -0.1) is 0 Å². The molecule has 0 amide bonds. The fourth-order valence-corrected chi connectivity index (χ4v) is 5.56. The van der Waals surface area contributed by atoms with Crippen LogP contribution in [0, 0.1) is 0 Å². The van der Waals surface area contributed by atoms with Gasteiger partial charge in [0.15, 0.2) is 0 Å². The van der Waals surface area contributed by atoms with Crippen molar-refractivity contribution in [2.45, 2.75) is 0 Å². The summed E-state index contributed by atoms with van der Waals surface area (Å²) in [6, 6.07) is 17.2. The van der Waals surface area contributed by atoms with E-state index in [2.05, 4.69) is 10.3 Å². The van der Waals surface area contributed by atoms with Crippen molar-refractivity contribution < 1.29 is 8.42 Å². The van der Waals surface area contributed by atoms with Gasteiger partial charge < -0.3 is 14.9 Å². The molecule has 0 spiro atoms. The van der Waals surface area contributed by atoms with Crippen LogP contribution in [0.25, 0.3) is 33.1 Å². The molecule has 8 heteroatoms. The summed E-state index contributed by atoms with van der Waals surface area (Å²) in [6.45, 7) is 1.48. The van der Waals surface area contributed by atoms with E-state index in [1.807, 2.05) is 66.2 Å². The highest BCUT2D eigenvalue weighted by Crippen LogP contribution is 2.30. The minimum atomic E-state index is -3.36. The Hall–Kier alpha value is -3.10. The van der Waals surface area contributed by atoms with Crippen LogP contribution in [-0.2, 0) is 17.1 Å². The molecule has 1 saturated heterocycles. The van der Waals surface area contributed by atoms with Crippen LogP contribution in [0.15, 0.2) is 59.4 Å². The molecule has 0 atom stereocenters. The highest BCUT2D eigenvalue weighted by atomic mass is 32.2. The van der Waals surface area contributed by atoms with Crippen LogP contribution in [0.2, 0.25) is 0 Å². The van der Waals surface area contributed by atoms with Gasteiger partial charge in [-0.2, -0.15) is 0 Å². The molecule has 5 rings (SSSR count). The van der Waals surface area contributed by atoms with Crippen molar-refractivity contribution in [3.63, 3.8) is 0 Å². The zero-order valence-electron chi connectivity index (χ0n) is 16.6. The summed E-state index contributed by atoms with van der Waals surface area (Å²) in [5.41, 5.74) is 3.60. The number of fused-ring (bicyclic) bond motifs is 2. The molecular formula is C22H22N4O3S. The summed E-state index contributed by atoms with van der Waals surface area (Å²) >= 11 is 0. The third-order valence-electron chi connectivity index (χ3n) is 5.71. The molecule has 1 fully saturated rings. The number of H-pyrrole nitrogens is 1. The minimum absolute atomic E-state index is 0.0809. The van der Waals surface area contributed by atoms with Gasteiger partial charge in [0.05, 0.1) is 22.7 Å². The van der Waals surface area contributed by atoms with E-state index in [9.17, 15) is 13.2 Å². The van der Waals surface area contributed by atoms with Crippen LogP contribution >= 0.6 is 0 Å². The zero-order valence-corrected chi connectivity index (χ0v) is 17.4. The van der Waals surface area contributed by atoms with E-state index in [1.54, 1.807) is 0 Å². The second-order valence-corrected chi connectivity index (χ2v) is 9.58. The topological polar surface area (TPSA) is 87.2 Å². The number of aromatic amines is 1. The molecule has 0 saturated carbocycles. The molecule has 2 N–H and O–H groups in total. The van der Waals surface area contributed by atoms with Gasteiger partial charge in [-0.3, -0.25) is 9.10 Å². The largest absolute Gasteiger partial charge is 0.343 e. The van der Waals surface area contributed by atoms with E-state index in [-0.39, 0.29) is 11.3 Å². The molecule has 0 unspecified atom stereocenters. The predicted octanol–water partition coefficient (Wildman–Crippen LogP) is 2.43. The zero-order chi connectivity index (χ0) is 20.9. The lowest BCUT2D eigenvalue weighted by Gasteiger charge is -2.21. The first kappa shape index (κ1) is 18.9. The van der Waals surface area contributed by atoms with E-state index >= 15 is 0 Å². The number of nitrogens with zero attached hydrogens (tertiary/aromatic N) is 2. The van der Waals surface area contributed by atoms with E-state index in [0.29, 0.717) is 30.9 Å². The molecule has 0 bridgehead atoms. The molecule has 2 aromatic carbocycles. The molecule has 1 aliphatic heterocycles. The summed E-state index contributed by atoms with van der Waals surface area (Å²) < 4.78 is 28.7. The van der Waals surface area contributed by atoms with Crippen molar-refractivity contribution in [1.29, 1.82) is 0 Å². The van der Waals surface area contributed by atoms with Crippen LogP contribution in [0.4, 0.5) is 5.69 Å². The number of nitrogens with one attached hydrogen (secondary N) is 2. The molecule has 0 radical (unpaired) electrons. The number of benzene rings is 2. The summed E-state index contributed by atoms with van der Waals surface area (Å²) in [5.74, 6) is 0.0809. The number of hydrogen-bond acceptors (Lipinski definition) is 4. The van der Waals surface area contributed by atoms with Crippen molar-refractivity contribution in [3.8, 4) is 11.3 Å². The number of rotatable bonds is 2. The van der Waals surface area contributed by atoms with Gasteiger partial charge in [-0.05, 0) is 41.8 Å². The van der Waals surface area contributed by atoms with E-state index in [1.165, 1.54) is 4.31 Å². The lowest BCUT2D eigenvalue weighted by Crippen LogP contribution is -2.33. The maximum absolute atomic E-state index is 12.7. The number of hydrogen-bond donors (Lipinski definition) is 2. The standard InChI is InChI=1S/C22H22N4O3S/c1-25-20-7-6-17(26-10-8-23-9-11-30(26,28)29)12-16(20)14-21(25)18-13-15-4-2-3-5-19(15)24-22(18)27/h2-7,12-14,23H,8-11H2,1H3,(H,24,27). The predicted molar refractivity (Wildman–Crippen MR) is 120 cm³/mol. The highest BCUT2D eigenvalue weighted by Gasteiger charge is 2.25. The van der Waals surface area contributed by atoms with Crippen LogP contribution in [0.5, 0.6) is 0 Å². The monoisotopic (exact) mass is 422 g/mol. The fraction of sp³-hybridized carbons (Fsp3) is 0.227. The van der Waals surface area contributed by atoms with Crippen molar-refractivity contribution in [3.05, 3.63) is 65.0 Å². The number of sulfonamides is 1. The average Bonchev–Trinajstić information content (AvgIpc) is 2.93. The molecule has 30 heavy (non-hydrogen) atoms. The number of aryl methyl sites for hydroxylation is 1. The Kier molecular flexibility index (Phi) is 4.41. The van der Waals surface area contributed by atoms with Crippen LogP contribution in [0.1, 0.15) is 0 Å². The second kappa shape index (κ2) is 7.00. The number of aromatic nitrogens is 2. The Balaban J connectivity index is 1.65. The van der Waals surface area contributed by atoms with Crippen LogP contribution < -0.4 is 15.2 Å². The molecular weight excluding hydrogens is 400 g/mol. The second-order valence-electron chi connectivity index (χ2n) is 7.57.